The van der Waals surface area contributed by atoms with Crippen LogP contribution in [0.5, 0.6) is 0 Å². The first kappa shape index (κ1) is 11.2. The highest BCUT2D eigenvalue weighted by Gasteiger charge is 2.22. The van der Waals surface area contributed by atoms with Gasteiger partial charge in [0.15, 0.2) is 0 Å². The minimum Gasteiger partial charge on any atom is -0.376 e. The number of hydrogen-bond donors (Lipinski definition) is 1. The maximum absolute atomic E-state index is 5.64. The number of imidazole rings is 1. The molecule has 1 aromatic heterocycles. The summed E-state index contributed by atoms with van der Waals surface area (Å²) in [6.45, 7) is 7.54. The molecule has 0 amide bonds. The third-order valence-electron chi connectivity index (χ3n) is 2.92. The van der Waals surface area contributed by atoms with E-state index in [4.69, 9.17) is 4.74 Å². The Kier molecular flexibility index (Phi) is 3.62. The van der Waals surface area contributed by atoms with Crippen molar-refractivity contribution in [2.24, 2.45) is 0 Å². The number of nitrogens with one attached hydrogen (secondary N) is 1. The maximum atomic E-state index is 5.64. The third kappa shape index (κ3) is 2.44. The first-order valence-corrected chi connectivity index (χ1v) is 5.81. The van der Waals surface area contributed by atoms with Crippen molar-refractivity contribution in [1.82, 2.24) is 9.55 Å². The molecular weight excluding hydrogens is 202 g/mol. The quantitative estimate of drug-likeness (QED) is 0.773. The molecule has 2 atom stereocenters. The molecule has 2 rings (SSSR count). The van der Waals surface area contributed by atoms with Crippen LogP contribution in [0.3, 0.4) is 0 Å². The van der Waals surface area contributed by atoms with Gasteiger partial charge in [0.05, 0.1) is 12.1 Å². The Labute approximate surface area is 96.3 Å². The van der Waals surface area contributed by atoms with Crippen molar-refractivity contribution < 1.29 is 4.74 Å². The van der Waals surface area contributed by atoms with Crippen LogP contribution in [0, 0.1) is 0 Å². The van der Waals surface area contributed by atoms with Crippen molar-refractivity contribution in [2.75, 3.05) is 11.9 Å². The minimum atomic E-state index is 0.300. The van der Waals surface area contributed by atoms with E-state index >= 15 is 0 Å². The number of rotatable bonds is 5. The lowest BCUT2D eigenvalue weighted by Crippen LogP contribution is -2.31. The maximum Gasteiger partial charge on any atom is 0.203 e. The van der Waals surface area contributed by atoms with Crippen LogP contribution in [0.1, 0.15) is 19.8 Å². The zero-order chi connectivity index (χ0) is 11.4. The van der Waals surface area contributed by atoms with Crippen molar-refractivity contribution in [3.8, 4) is 0 Å². The molecule has 1 aliphatic heterocycles. The van der Waals surface area contributed by atoms with Gasteiger partial charge in [-0.15, -0.1) is 6.58 Å². The molecule has 0 radical (unpaired) electrons. The summed E-state index contributed by atoms with van der Waals surface area (Å²) in [6.07, 6.45) is 8.23. The van der Waals surface area contributed by atoms with Crippen molar-refractivity contribution in [2.45, 2.75) is 38.5 Å². The van der Waals surface area contributed by atoms with E-state index in [0.29, 0.717) is 12.1 Å². The van der Waals surface area contributed by atoms with E-state index in [0.717, 1.165) is 31.9 Å². The topological polar surface area (TPSA) is 39.1 Å². The Morgan fingerprint density at radius 2 is 2.69 bits per heavy atom. The van der Waals surface area contributed by atoms with Gasteiger partial charge in [-0.1, -0.05) is 6.08 Å². The first-order chi connectivity index (χ1) is 7.81. The summed E-state index contributed by atoms with van der Waals surface area (Å²) in [4.78, 5) is 4.29. The third-order valence-corrected chi connectivity index (χ3v) is 2.92. The van der Waals surface area contributed by atoms with Gasteiger partial charge < -0.3 is 14.6 Å². The zero-order valence-electron chi connectivity index (χ0n) is 9.72. The molecule has 0 spiro atoms. The summed E-state index contributed by atoms with van der Waals surface area (Å²) >= 11 is 0. The summed E-state index contributed by atoms with van der Waals surface area (Å²) in [5.74, 6) is 0.892. The molecule has 2 heterocycles. The number of anilines is 1. The van der Waals surface area contributed by atoms with Gasteiger partial charge in [-0.2, -0.15) is 0 Å². The molecule has 0 bridgehead atoms. The smallest absolute Gasteiger partial charge is 0.203 e. The van der Waals surface area contributed by atoms with Gasteiger partial charge in [0.1, 0.15) is 0 Å². The molecule has 4 heteroatoms. The summed E-state index contributed by atoms with van der Waals surface area (Å²) in [7, 11) is 0. The van der Waals surface area contributed by atoms with Gasteiger partial charge in [0.25, 0.3) is 0 Å². The van der Waals surface area contributed by atoms with Crippen LogP contribution in [0.25, 0.3) is 0 Å². The van der Waals surface area contributed by atoms with E-state index in [1.54, 1.807) is 6.20 Å². The molecule has 16 heavy (non-hydrogen) atoms. The molecule has 1 fully saturated rings. The minimum absolute atomic E-state index is 0.300. The van der Waals surface area contributed by atoms with E-state index in [2.05, 4.69) is 23.8 Å². The second-order valence-electron chi connectivity index (χ2n) is 4.18. The van der Waals surface area contributed by atoms with Crippen LogP contribution < -0.4 is 5.32 Å². The van der Waals surface area contributed by atoms with Gasteiger partial charge in [0, 0.05) is 25.5 Å². The van der Waals surface area contributed by atoms with Gasteiger partial charge >= 0.3 is 0 Å². The molecule has 1 aromatic rings. The molecule has 2 unspecified atom stereocenters. The highest BCUT2D eigenvalue weighted by atomic mass is 16.5. The zero-order valence-corrected chi connectivity index (χ0v) is 9.72. The largest absolute Gasteiger partial charge is 0.376 e. The fraction of sp³-hybridized carbons (Fsp3) is 0.583. The second-order valence-corrected chi connectivity index (χ2v) is 4.18. The fourth-order valence-electron chi connectivity index (χ4n) is 2.03. The molecule has 1 N–H and O–H groups in total. The highest BCUT2D eigenvalue weighted by Crippen LogP contribution is 2.18. The van der Waals surface area contributed by atoms with E-state index in [-0.39, 0.29) is 0 Å². The van der Waals surface area contributed by atoms with Crippen molar-refractivity contribution >= 4 is 5.95 Å². The van der Waals surface area contributed by atoms with Gasteiger partial charge in [-0.25, -0.2) is 4.98 Å². The van der Waals surface area contributed by atoms with E-state index in [1.165, 1.54) is 0 Å². The molecule has 4 nitrogen and oxygen atoms in total. The molecule has 0 aromatic carbocycles. The summed E-state index contributed by atoms with van der Waals surface area (Å²) in [5, 5.41) is 3.40. The Morgan fingerprint density at radius 3 is 3.38 bits per heavy atom. The Balaban J connectivity index is 1.96. The SMILES string of the molecule is C=CCn1ccnc1NC(C)C1CCCO1. The second kappa shape index (κ2) is 5.16. The lowest BCUT2D eigenvalue weighted by Gasteiger charge is -2.20. The van der Waals surface area contributed by atoms with Crippen LogP contribution in [-0.2, 0) is 11.3 Å². The predicted molar refractivity (Wildman–Crippen MR) is 64.5 cm³/mol. The standard InChI is InChI=1S/C12H19N3O/c1-3-7-15-8-6-13-12(15)14-10(2)11-5-4-9-16-11/h3,6,8,10-11H,1,4-5,7,9H2,2H3,(H,13,14). The lowest BCUT2D eigenvalue weighted by atomic mass is 10.1. The van der Waals surface area contributed by atoms with Crippen molar-refractivity contribution in [1.29, 1.82) is 0 Å². The van der Waals surface area contributed by atoms with E-state index in [9.17, 15) is 0 Å². The monoisotopic (exact) mass is 221 g/mol. The van der Waals surface area contributed by atoms with Crippen molar-refractivity contribution in [3.63, 3.8) is 0 Å². The molecular formula is C12H19N3O. The van der Waals surface area contributed by atoms with Gasteiger partial charge in [-0.3, -0.25) is 0 Å². The summed E-state index contributed by atoms with van der Waals surface area (Å²) in [5.41, 5.74) is 0. The molecule has 0 aliphatic carbocycles. The first-order valence-electron chi connectivity index (χ1n) is 5.81. The predicted octanol–water partition coefficient (Wildman–Crippen LogP) is 2.05. The summed E-state index contributed by atoms with van der Waals surface area (Å²) < 4.78 is 7.68. The number of hydrogen-bond acceptors (Lipinski definition) is 3. The van der Waals surface area contributed by atoms with Crippen LogP contribution >= 0.6 is 0 Å². The van der Waals surface area contributed by atoms with Crippen LogP contribution in [0.4, 0.5) is 5.95 Å². The molecule has 1 saturated heterocycles. The Bertz CT molecular complexity index is 342. The average Bonchev–Trinajstić information content (AvgIpc) is 2.90. The highest BCUT2D eigenvalue weighted by molar-refractivity contribution is 5.28. The number of allylic oxidation sites excluding steroid dienone is 1. The lowest BCUT2D eigenvalue weighted by molar-refractivity contribution is 0.0994. The van der Waals surface area contributed by atoms with Crippen LogP contribution in [0.2, 0.25) is 0 Å². The fourth-order valence-corrected chi connectivity index (χ4v) is 2.03. The van der Waals surface area contributed by atoms with Gasteiger partial charge in [-0.05, 0) is 19.8 Å². The molecule has 1 aliphatic rings. The number of aromatic nitrogens is 2. The number of nitrogens with zero attached hydrogens (tertiary/aromatic N) is 2. The van der Waals surface area contributed by atoms with Gasteiger partial charge in [0.2, 0.25) is 5.95 Å². The summed E-state index contributed by atoms with van der Waals surface area (Å²) in [6, 6.07) is 0.300. The molecule has 0 saturated carbocycles. The van der Waals surface area contributed by atoms with Crippen LogP contribution in [-0.4, -0.2) is 28.3 Å². The van der Waals surface area contributed by atoms with Crippen LogP contribution in [0.15, 0.2) is 25.0 Å². The van der Waals surface area contributed by atoms with Crippen molar-refractivity contribution in [3.05, 3.63) is 25.0 Å². The Hall–Kier alpha value is -1.29. The Morgan fingerprint density at radius 1 is 1.81 bits per heavy atom. The van der Waals surface area contributed by atoms with E-state index < -0.39 is 0 Å². The molecule has 88 valence electrons. The normalized spacial score (nSPS) is 21.9. The van der Waals surface area contributed by atoms with E-state index in [1.807, 2.05) is 16.8 Å². The number of ether oxygens (including phenoxy) is 1. The average molecular weight is 221 g/mol.